The van der Waals surface area contributed by atoms with Crippen LogP contribution in [0.15, 0.2) is 30.3 Å². The molecule has 2 fully saturated rings. The van der Waals surface area contributed by atoms with Gasteiger partial charge in [-0.2, -0.15) is 0 Å². The van der Waals surface area contributed by atoms with Crippen LogP contribution in [0.2, 0.25) is 0 Å². The fourth-order valence-corrected chi connectivity index (χ4v) is 3.63. The molecule has 92 valence electrons. The molecule has 2 heteroatoms. The summed E-state index contributed by atoms with van der Waals surface area (Å²) in [5, 5.41) is 10.0. The maximum atomic E-state index is 10.0. The molecule has 1 saturated heterocycles. The Morgan fingerprint density at radius 2 is 1.76 bits per heavy atom. The summed E-state index contributed by atoms with van der Waals surface area (Å²) in [7, 11) is 0. The lowest BCUT2D eigenvalue weighted by molar-refractivity contribution is 0.0367. The Morgan fingerprint density at radius 3 is 2.29 bits per heavy atom. The molecular formula is C15H21NO. The SMILES string of the molecule is CC(C)(O)C1C2CN(Cc3ccccc3)CC21. The molecule has 0 bridgehead atoms. The van der Waals surface area contributed by atoms with Crippen molar-refractivity contribution in [1.82, 2.24) is 4.90 Å². The summed E-state index contributed by atoms with van der Waals surface area (Å²) in [6, 6.07) is 10.7. The van der Waals surface area contributed by atoms with Crippen LogP contribution < -0.4 is 0 Å². The van der Waals surface area contributed by atoms with Gasteiger partial charge in [0, 0.05) is 19.6 Å². The van der Waals surface area contributed by atoms with Crippen LogP contribution in [0, 0.1) is 17.8 Å². The lowest BCUT2D eigenvalue weighted by Crippen LogP contribution is -2.31. The minimum atomic E-state index is -0.478. The monoisotopic (exact) mass is 231 g/mol. The Labute approximate surface area is 103 Å². The van der Waals surface area contributed by atoms with E-state index in [0.29, 0.717) is 5.92 Å². The molecule has 1 heterocycles. The van der Waals surface area contributed by atoms with Crippen LogP contribution in [-0.4, -0.2) is 28.7 Å². The Bertz CT molecular complexity index is 383. The van der Waals surface area contributed by atoms with Gasteiger partial charge in [-0.15, -0.1) is 0 Å². The van der Waals surface area contributed by atoms with Crippen LogP contribution >= 0.6 is 0 Å². The number of nitrogens with zero attached hydrogens (tertiary/aromatic N) is 1. The second-order valence-electron chi connectivity index (χ2n) is 6.19. The molecule has 1 aliphatic heterocycles. The van der Waals surface area contributed by atoms with Gasteiger partial charge in [-0.1, -0.05) is 30.3 Å². The quantitative estimate of drug-likeness (QED) is 0.861. The summed E-state index contributed by atoms with van der Waals surface area (Å²) >= 11 is 0. The van der Waals surface area contributed by atoms with Crippen molar-refractivity contribution in [2.45, 2.75) is 26.0 Å². The summed E-state index contributed by atoms with van der Waals surface area (Å²) in [6.07, 6.45) is 0. The van der Waals surface area contributed by atoms with E-state index in [-0.39, 0.29) is 0 Å². The molecule has 2 unspecified atom stereocenters. The summed E-state index contributed by atoms with van der Waals surface area (Å²) in [4.78, 5) is 2.52. The van der Waals surface area contributed by atoms with Crippen LogP contribution in [-0.2, 0) is 6.54 Å². The minimum Gasteiger partial charge on any atom is -0.390 e. The van der Waals surface area contributed by atoms with Crippen molar-refractivity contribution in [2.24, 2.45) is 17.8 Å². The van der Waals surface area contributed by atoms with Gasteiger partial charge in [0.25, 0.3) is 0 Å². The highest BCUT2D eigenvalue weighted by Crippen LogP contribution is 2.56. The van der Waals surface area contributed by atoms with Crippen LogP contribution in [0.4, 0.5) is 0 Å². The third-order valence-corrected chi connectivity index (χ3v) is 4.33. The second-order valence-corrected chi connectivity index (χ2v) is 6.19. The zero-order valence-electron chi connectivity index (χ0n) is 10.6. The van der Waals surface area contributed by atoms with Crippen molar-refractivity contribution in [3.8, 4) is 0 Å². The predicted octanol–water partition coefficient (Wildman–Crippen LogP) is 2.14. The van der Waals surface area contributed by atoms with Crippen molar-refractivity contribution >= 4 is 0 Å². The number of benzene rings is 1. The molecule has 1 saturated carbocycles. The van der Waals surface area contributed by atoms with Crippen molar-refractivity contribution in [3.05, 3.63) is 35.9 Å². The molecule has 0 amide bonds. The first-order chi connectivity index (χ1) is 8.05. The Morgan fingerprint density at radius 1 is 1.18 bits per heavy atom. The largest absolute Gasteiger partial charge is 0.390 e. The first-order valence-corrected chi connectivity index (χ1v) is 6.54. The molecular weight excluding hydrogens is 210 g/mol. The molecule has 17 heavy (non-hydrogen) atoms. The van der Waals surface area contributed by atoms with Crippen molar-refractivity contribution in [3.63, 3.8) is 0 Å². The molecule has 1 N–H and O–H groups in total. The molecule has 3 rings (SSSR count). The zero-order valence-corrected chi connectivity index (χ0v) is 10.6. The molecule has 0 aromatic heterocycles. The molecule has 1 aromatic rings. The standard InChI is InChI=1S/C15H21NO/c1-15(2,17)14-12-9-16(10-13(12)14)8-11-6-4-3-5-7-11/h3-7,12-14,17H,8-10H2,1-2H3. The molecule has 2 nitrogen and oxygen atoms in total. The first-order valence-electron chi connectivity index (χ1n) is 6.54. The van der Waals surface area contributed by atoms with E-state index in [1.807, 2.05) is 13.8 Å². The topological polar surface area (TPSA) is 23.5 Å². The van der Waals surface area contributed by atoms with Crippen LogP contribution in [0.5, 0.6) is 0 Å². The minimum absolute atomic E-state index is 0.478. The van der Waals surface area contributed by atoms with Gasteiger partial charge in [0.15, 0.2) is 0 Å². The second kappa shape index (κ2) is 3.82. The van der Waals surface area contributed by atoms with Gasteiger partial charge in [0.1, 0.15) is 0 Å². The van der Waals surface area contributed by atoms with E-state index in [0.717, 1.165) is 31.5 Å². The number of piperidine rings is 1. The van der Waals surface area contributed by atoms with Crippen molar-refractivity contribution in [1.29, 1.82) is 0 Å². The predicted molar refractivity (Wildman–Crippen MR) is 68.5 cm³/mol. The van der Waals surface area contributed by atoms with Crippen molar-refractivity contribution in [2.75, 3.05) is 13.1 Å². The number of hydrogen-bond donors (Lipinski definition) is 1. The van der Waals surface area contributed by atoms with Crippen LogP contribution in [0.3, 0.4) is 0 Å². The summed E-state index contributed by atoms with van der Waals surface area (Å²) in [5.41, 5.74) is 0.919. The first kappa shape index (κ1) is 11.2. The molecule has 0 spiro atoms. The average molecular weight is 231 g/mol. The third-order valence-electron chi connectivity index (χ3n) is 4.33. The molecule has 1 aliphatic carbocycles. The smallest absolute Gasteiger partial charge is 0.0626 e. The van der Waals surface area contributed by atoms with Gasteiger partial charge in [-0.3, -0.25) is 4.90 Å². The summed E-state index contributed by atoms with van der Waals surface area (Å²) < 4.78 is 0. The number of hydrogen-bond acceptors (Lipinski definition) is 2. The van der Waals surface area contributed by atoms with Gasteiger partial charge in [-0.25, -0.2) is 0 Å². The lowest BCUT2D eigenvalue weighted by atomic mass is 9.99. The number of fused-ring (bicyclic) bond motifs is 1. The highest BCUT2D eigenvalue weighted by atomic mass is 16.3. The average Bonchev–Trinajstić information content (AvgIpc) is 2.80. The van der Waals surface area contributed by atoms with E-state index < -0.39 is 5.60 Å². The van der Waals surface area contributed by atoms with E-state index in [1.165, 1.54) is 5.56 Å². The van der Waals surface area contributed by atoms with Crippen molar-refractivity contribution < 1.29 is 5.11 Å². The van der Waals surface area contributed by atoms with Gasteiger partial charge >= 0.3 is 0 Å². The summed E-state index contributed by atoms with van der Waals surface area (Å²) in [6.45, 7) is 7.30. The van der Waals surface area contributed by atoms with Gasteiger partial charge in [0.05, 0.1) is 5.60 Å². The van der Waals surface area contributed by atoms with E-state index in [4.69, 9.17) is 0 Å². The normalized spacial score (nSPS) is 32.5. The van der Waals surface area contributed by atoms with Crippen LogP contribution in [0.25, 0.3) is 0 Å². The number of aliphatic hydroxyl groups is 1. The Kier molecular flexibility index (Phi) is 2.53. The fraction of sp³-hybridized carbons (Fsp3) is 0.600. The van der Waals surface area contributed by atoms with Crippen LogP contribution in [0.1, 0.15) is 19.4 Å². The molecule has 2 aliphatic rings. The Hall–Kier alpha value is -0.860. The highest BCUT2D eigenvalue weighted by molar-refractivity contribution is 5.16. The van der Waals surface area contributed by atoms with Gasteiger partial charge in [0.2, 0.25) is 0 Å². The van der Waals surface area contributed by atoms with E-state index in [2.05, 4.69) is 35.2 Å². The molecule has 1 aromatic carbocycles. The molecule has 2 atom stereocenters. The van der Waals surface area contributed by atoms with Gasteiger partial charge in [-0.05, 0) is 37.2 Å². The molecule has 0 radical (unpaired) electrons. The van der Waals surface area contributed by atoms with Gasteiger partial charge < -0.3 is 5.11 Å². The highest BCUT2D eigenvalue weighted by Gasteiger charge is 2.60. The number of likely N-dealkylation sites (tertiary alicyclic amines) is 1. The maximum absolute atomic E-state index is 10.0. The fourth-order valence-electron chi connectivity index (χ4n) is 3.63. The maximum Gasteiger partial charge on any atom is 0.0626 e. The third kappa shape index (κ3) is 2.12. The van der Waals surface area contributed by atoms with E-state index in [1.54, 1.807) is 0 Å². The lowest BCUT2D eigenvalue weighted by Gasteiger charge is -2.24. The Balaban J connectivity index is 1.56. The number of rotatable bonds is 3. The van der Waals surface area contributed by atoms with E-state index >= 15 is 0 Å². The zero-order chi connectivity index (χ0) is 12.0. The summed E-state index contributed by atoms with van der Waals surface area (Å²) in [5.74, 6) is 2.01. The van der Waals surface area contributed by atoms with E-state index in [9.17, 15) is 5.11 Å².